The highest BCUT2D eigenvalue weighted by Crippen LogP contribution is 2.33. The Hall–Kier alpha value is -1.87. The van der Waals surface area contributed by atoms with E-state index in [1.807, 2.05) is 0 Å². The minimum Gasteiger partial charge on any atom is -0.394 e. The van der Waals surface area contributed by atoms with E-state index in [0.717, 1.165) is 25.7 Å². The molecular weight excluding hydrogens is 230 g/mol. The molecule has 96 valence electrons. The summed E-state index contributed by atoms with van der Waals surface area (Å²) >= 11 is 0. The summed E-state index contributed by atoms with van der Waals surface area (Å²) in [7, 11) is 1.72. The predicted molar refractivity (Wildman–Crippen MR) is 68.2 cm³/mol. The lowest BCUT2D eigenvalue weighted by Crippen LogP contribution is -2.39. The van der Waals surface area contributed by atoms with Crippen molar-refractivity contribution in [1.82, 2.24) is 9.97 Å². The summed E-state index contributed by atoms with van der Waals surface area (Å²) in [5, 5.41) is 24.7. The number of anilines is 2. The molecule has 1 aliphatic rings. The quantitative estimate of drug-likeness (QED) is 0.737. The van der Waals surface area contributed by atoms with Gasteiger partial charge in [-0.15, -0.1) is 0 Å². The van der Waals surface area contributed by atoms with Crippen LogP contribution >= 0.6 is 0 Å². The third-order valence-electron chi connectivity index (χ3n) is 3.38. The second kappa shape index (κ2) is 5.19. The largest absolute Gasteiger partial charge is 0.394 e. The Morgan fingerprint density at radius 2 is 2.22 bits per heavy atom. The van der Waals surface area contributed by atoms with Gasteiger partial charge in [0, 0.05) is 7.05 Å². The highest BCUT2D eigenvalue weighted by Gasteiger charge is 2.34. The maximum Gasteiger partial charge on any atom is 0.224 e. The predicted octanol–water partition coefficient (Wildman–Crippen LogP) is 1.11. The molecule has 1 fully saturated rings. The first-order valence-corrected chi connectivity index (χ1v) is 6.07. The van der Waals surface area contributed by atoms with E-state index in [1.165, 1.54) is 6.20 Å². The summed E-state index contributed by atoms with van der Waals surface area (Å²) in [6.45, 7) is 0.0523. The molecule has 1 saturated carbocycles. The van der Waals surface area contributed by atoms with Crippen LogP contribution in [0.5, 0.6) is 0 Å². The van der Waals surface area contributed by atoms with Gasteiger partial charge in [0.1, 0.15) is 17.5 Å². The van der Waals surface area contributed by atoms with Crippen molar-refractivity contribution in [3.05, 3.63) is 11.8 Å². The lowest BCUT2D eigenvalue weighted by atomic mass is 9.99. The summed E-state index contributed by atoms with van der Waals surface area (Å²) in [6.07, 6.45) is 5.44. The van der Waals surface area contributed by atoms with Crippen molar-refractivity contribution in [2.45, 2.75) is 31.2 Å². The van der Waals surface area contributed by atoms with Crippen LogP contribution in [0, 0.1) is 11.3 Å². The third-order valence-corrected chi connectivity index (χ3v) is 3.38. The second-order valence-corrected chi connectivity index (χ2v) is 4.59. The van der Waals surface area contributed by atoms with Crippen LogP contribution in [-0.2, 0) is 0 Å². The Morgan fingerprint density at radius 1 is 1.50 bits per heavy atom. The van der Waals surface area contributed by atoms with Gasteiger partial charge in [0.25, 0.3) is 0 Å². The fourth-order valence-electron chi connectivity index (χ4n) is 2.30. The van der Waals surface area contributed by atoms with Crippen molar-refractivity contribution in [3.63, 3.8) is 0 Å². The van der Waals surface area contributed by atoms with Crippen molar-refractivity contribution in [2.75, 3.05) is 24.3 Å². The molecule has 0 atom stereocenters. The van der Waals surface area contributed by atoms with Gasteiger partial charge in [-0.05, 0) is 12.8 Å². The molecule has 0 unspecified atom stereocenters. The first-order valence-electron chi connectivity index (χ1n) is 6.07. The first-order chi connectivity index (χ1) is 8.73. The summed E-state index contributed by atoms with van der Waals surface area (Å²) in [5.41, 5.74) is 0.0547. The number of aliphatic hydroxyl groups is 1. The molecule has 0 bridgehead atoms. The zero-order valence-corrected chi connectivity index (χ0v) is 10.4. The molecule has 1 aromatic heterocycles. The monoisotopic (exact) mass is 247 g/mol. The minimum absolute atomic E-state index is 0.0523. The standard InChI is InChI=1S/C12H17N5O/c1-14-11-15-7-9(6-13)10(16-11)17-12(8-18)4-2-3-5-12/h7,18H,2-5,8H2,1H3,(H2,14,15,16,17). The van der Waals surface area contributed by atoms with Gasteiger partial charge in [-0.2, -0.15) is 10.2 Å². The van der Waals surface area contributed by atoms with E-state index in [2.05, 4.69) is 26.7 Å². The minimum atomic E-state index is -0.342. The average molecular weight is 247 g/mol. The maximum atomic E-state index is 9.56. The van der Waals surface area contributed by atoms with Crippen LogP contribution in [0.3, 0.4) is 0 Å². The van der Waals surface area contributed by atoms with Crippen molar-refractivity contribution in [3.8, 4) is 6.07 Å². The molecule has 1 aromatic rings. The molecule has 0 aliphatic heterocycles. The van der Waals surface area contributed by atoms with E-state index in [1.54, 1.807) is 7.05 Å². The summed E-state index contributed by atoms with van der Waals surface area (Å²) in [6, 6.07) is 2.07. The number of nitrogens with one attached hydrogen (secondary N) is 2. The molecule has 0 aromatic carbocycles. The zero-order chi connectivity index (χ0) is 13.0. The molecular formula is C12H17N5O. The number of nitriles is 1. The van der Waals surface area contributed by atoms with Gasteiger partial charge in [0.15, 0.2) is 0 Å². The molecule has 6 heteroatoms. The molecule has 2 rings (SSSR count). The maximum absolute atomic E-state index is 9.56. The number of hydrogen-bond donors (Lipinski definition) is 3. The van der Waals surface area contributed by atoms with Gasteiger partial charge in [0.05, 0.1) is 18.3 Å². The van der Waals surface area contributed by atoms with Gasteiger partial charge in [0.2, 0.25) is 5.95 Å². The van der Waals surface area contributed by atoms with Gasteiger partial charge in [-0.1, -0.05) is 12.8 Å². The molecule has 0 radical (unpaired) electrons. The van der Waals surface area contributed by atoms with Gasteiger partial charge in [-0.3, -0.25) is 0 Å². The Kier molecular flexibility index (Phi) is 3.63. The Morgan fingerprint density at radius 3 is 2.78 bits per heavy atom. The average Bonchev–Trinajstić information content (AvgIpc) is 2.88. The fourth-order valence-corrected chi connectivity index (χ4v) is 2.30. The van der Waals surface area contributed by atoms with Gasteiger partial charge < -0.3 is 15.7 Å². The Bertz CT molecular complexity index is 462. The fraction of sp³-hybridized carbons (Fsp3) is 0.583. The van der Waals surface area contributed by atoms with Crippen LogP contribution in [0.1, 0.15) is 31.2 Å². The highest BCUT2D eigenvalue weighted by atomic mass is 16.3. The van der Waals surface area contributed by atoms with Crippen molar-refractivity contribution < 1.29 is 5.11 Å². The number of aromatic nitrogens is 2. The van der Waals surface area contributed by atoms with Crippen LogP contribution in [-0.4, -0.2) is 34.3 Å². The van der Waals surface area contributed by atoms with Crippen molar-refractivity contribution in [1.29, 1.82) is 5.26 Å². The van der Waals surface area contributed by atoms with Crippen molar-refractivity contribution in [2.24, 2.45) is 0 Å². The molecule has 1 heterocycles. The van der Waals surface area contributed by atoms with E-state index in [0.29, 0.717) is 17.3 Å². The second-order valence-electron chi connectivity index (χ2n) is 4.59. The summed E-state index contributed by atoms with van der Waals surface area (Å²) < 4.78 is 0. The summed E-state index contributed by atoms with van der Waals surface area (Å²) in [5.74, 6) is 0.954. The zero-order valence-electron chi connectivity index (χ0n) is 10.4. The van der Waals surface area contributed by atoms with Gasteiger partial charge >= 0.3 is 0 Å². The Labute approximate surface area is 106 Å². The topological polar surface area (TPSA) is 93.9 Å². The Balaban J connectivity index is 2.29. The van der Waals surface area contributed by atoms with E-state index in [4.69, 9.17) is 5.26 Å². The van der Waals surface area contributed by atoms with Crippen LogP contribution in [0.2, 0.25) is 0 Å². The number of aliphatic hydroxyl groups excluding tert-OH is 1. The number of hydrogen-bond acceptors (Lipinski definition) is 6. The van der Waals surface area contributed by atoms with E-state index in [-0.39, 0.29) is 12.1 Å². The molecule has 18 heavy (non-hydrogen) atoms. The smallest absolute Gasteiger partial charge is 0.224 e. The molecule has 0 saturated heterocycles. The van der Waals surface area contributed by atoms with E-state index < -0.39 is 0 Å². The summed E-state index contributed by atoms with van der Waals surface area (Å²) in [4.78, 5) is 8.26. The van der Waals surface area contributed by atoms with E-state index in [9.17, 15) is 5.11 Å². The normalized spacial score (nSPS) is 17.2. The molecule has 1 aliphatic carbocycles. The van der Waals surface area contributed by atoms with Crippen LogP contribution < -0.4 is 10.6 Å². The molecule has 3 N–H and O–H groups in total. The molecule has 6 nitrogen and oxygen atoms in total. The van der Waals surface area contributed by atoms with Crippen LogP contribution in [0.4, 0.5) is 11.8 Å². The van der Waals surface area contributed by atoms with Crippen LogP contribution in [0.15, 0.2) is 6.20 Å². The van der Waals surface area contributed by atoms with Crippen molar-refractivity contribution >= 4 is 11.8 Å². The molecule has 0 amide bonds. The molecule has 0 spiro atoms. The van der Waals surface area contributed by atoms with Gasteiger partial charge in [-0.25, -0.2) is 4.98 Å². The van der Waals surface area contributed by atoms with Crippen LogP contribution in [0.25, 0.3) is 0 Å². The van der Waals surface area contributed by atoms with E-state index >= 15 is 0 Å². The number of rotatable bonds is 4. The lowest BCUT2D eigenvalue weighted by Gasteiger charge is -2.29. The first kappa shape index (κ1) is 12.6. The lowest BCUT2D eigenvalue weighted by molar-refractivity contribution is 0.214. The highest BCUT2D eigenvalue weighted by molar-refractivity contribution is 5.54. The third kappa shape index (κ3) is 2.36. The number of nitrogens with zero attached hydrogens (tertiary/aromatic N) is 3. The SMILES string of the molecule is CNc1ncc(C#N)c(NC2(CO)CCCC2)n1.